The molecule has 0 N–H and O–H groups in total. The number of carbonyl (C=O) groups excluding carboxylic acids is 3. The zero-order chi connectivity index (χ0) is 10.4. The van der Waals surface area contributed by atoms with Gasteiger partial charge in [0, 0.05) is 6.42 Å². The summed E-state index contributed by atoms with van der Waals surface area (Å²) in [5.41, 5.74) is 0. The fourth-order valence-corrected chi connectivity index (χ4v) is 0.774. The Bertz CT molecular complexity index is 218. The molecule has 0 amide bonds. The van der Waals surface area contributed by atoms with E-state index >= 15 is 0 Å². The number of ether oxygens (including phenoxy) is 1. The summed E-state index contributed by atoms with van der Waals surface area (Å²) in [5, 5.41) is 0. The van der Waals surface area contributed by atoms with E-state index in [9.17, 15) is 14.4 Å². The molecule has 0 spiro atoms. The third-order valence-corrected chi connectivity index (χ3v) is 1.31. The third-order valence-electron chi connectivity index (χ3n) is 1.31. The fraction of sp³-hybridized carbons (Fsp3) is 0.667. The predicted octanol–water partition coefficient (Wildman–Crippen LogP) is 0.734. The van der Waals surface area contributed by atoms with Crippen molar-refractivity contribution in [1.29, 1.82) is 0 Å². The standard InChI is InChI=1S/C9H14O4/c1-4-13-9(12)8(11)7(10)5-6(2)3/h6H,4-5H2,1-3H3. The monoisotopic (exact) mass is 186 g/mol. The maximum atomic E-state index is 11.0. The zero-order valence-electron chi connectivity index (χ0n) is 8.12. The van der Waals surface area contributed by atoms with E-state index in [4.69, 9.17) is 0 Å². The first-order valence-electron chi connectivity index (χ1n) is 4.23. The van der Waals surface area contributed by atoms with E-state index in [1.807, 2.05) is 0 Å². The fourth-order valence-electron chi connectivity index (χ4n) is 0.774. The lowest BCUT2D eigenvalue weighted by atomic mass is 10.0. The largest absolute Gasteiger partial charge is 0.460 e. The first kappa shape index (κ1) is 11.8. The van der Waals surface area contributed by atoms with Crippen molar-refractivity contribution in [3.8, 4) is 0 Å². The summed E-state index contributed by atoms with van der Waals surface area (Å²) in [5.74, 6) is -2.69. The summed E-state index contributed by atoms with van der Waals surface area (Å²) < 4.78 is 4.40. The Kier molecular flexibility index (Phi) is 4.96. The average molecular weight is 186 g/mol. The summed E-state index contributed by atoms with van der Waals surface area (Å²) >= 11 is 0. The summed E-state index contributed by atoms with van der Waals surface area (Å²) in [6.45, 7) is 5.30. The van der Waals surface area contributed by atoms with Crippen LogP contribution in [0.25, 0.3) is 0 Å². The lowest BCUT2D eigenvalue weighted by Gasteiger charge is -2.02. The smallest absolute Gasteiger partial charge is 0.382 e. The van der Waals surface area contributed by atoms with E-state index in [-0.39, 0.29) is 18.9 Å². The molecule has 0 aromatic rings. The quantitative estimate of drug-likeness (QED) is 0.361. The SMILES string of the molecule is CCOC(=O)C(=O)C(=O)CC(C)C. The molecule has 0 rings (SSSR count). The molecule has 0 aliphatic rings. The molecular formula is C9H14O4. The van der Waals surface area contributed by atoms with Crippen molar-refractivity contribution in [2.75, 3.05) is 6.61 Å². The molecule has 0 fully saturated rings. The Balaban J connectivity index is 4.10. The molecule has 74 valence electrons. The minimum Gasteiger partial charge on any atom is -0.460 e. The van der Waals surface area contributed by atoms with Gasteiger partial charge in [-0.1, -0.05) is 13.8 Å². The summed E-state index contributed by atoms with van der Waals surface area (Å²) in [6.07, 6.45) is 0.0949. The number of rotatable bonds is 5. The molecular weight excluding hydrogens is 172 g/mol. The van der Waals surface area contributed by atoms with Gasteiger partial charge in [0.2, 0.25) is 5.78 Å². The van der Waals surface area contributed by atoms with E-state index in [2.05, 4.69) is 4.74 Å². The van der Waals surface area contributed by atoms with E-state index in [0.717, 1.165) is 0 Å². The van der Waals surface area contributed by atoms with E-state index < -0.39 is 17.5 Å². The van der Waals surface area contributed by atoms with Crippen LogP contribution in [-0.2, 0) is 19.1 Å². The molecule has 0 unspecified atom stereocenters. The van der Waals surface area contributed by atoms with Gasteiger partial charge in [0.05, 0.1) is 6.61 Å². The van der Waals surface area contributed by atoms with Crippen LogP contribution in [0.2, 0.25) is 0 Å². The van der Waals surface area contributed by atoms with Crippen molar-refractivity contribution in [3.05, 3.63) is 0 Å². The predicted molar refractivity (Wildman–Crippen MR) is 46.1 cm³/mol. The van der Waals surface area contributed by atoms with Gasteiger partial charge in [-0.2, -0.15) is 0 Å². The number of carbonyl (C=O) groups is 3. The molecule has 0 aromatic heterocycles. The number of Topliss-reactive ketones (excluding diaryl/α,β-unsaturated/α-hetero) is 2. The van der Waals surface area contributed by atoms with Gasteiger partial charge in [-0.3, -0.25) is 9.59 Å². The summed E-state index contributed by atoms with van der Waals surface area (Å²) in [6, 6.07) is 0. The van der Waals surface area contributed by atoms with Crippen molar-refractivity contribution in [3.63, 3.8) is 0 Å². The topological polar surface area (TPSA) is 60.4 Å². The average Bonchev–Trinajstić information content (AvgIpc) is 2.02. The molecule has 0 bridgehead atoms. The van der Waals surface area contributed by atoms with Crippen LogP contribution in [0.3, 0.4) is 0 Å². The van der Waals surface area contributed by atoms with Crippen molar-refractivity contribution in [2.24, 2.45) is 5.92 Å². The lowest BCUT2D eigenvalue weighted by Crippen LogP contribution is -2.26. The molecule has 4 heteroatoms. The molecule has 0 aliphatic heterocycles. The highest BCUT2D eigenvalue weighted by atomic mass is 16.5. The molecule has 0 aromatic carbocycles. The molecule has 0 atom stereocenters. The highest BCUT2D eigenvalue weighted by molar-refractivity contribution is 6.62. The number of esters is 1. The molecule has 0 saturated heterocycles. The zero-order valence-corrected chi connectivity index (χ0v) is 8.12. The van der Waals surface area contributed by atoms with E-state index in [0.29, 0.717) is 0 Å². The Morgan fingerprint density at radius 3 is 2.15 bits per heavy atom. The maximum Gasteiger partial charge on any atom is 0.382 e. The number of hydrogen-bond donors (Lipinski definition) is 0. The maximum absolute atomic E-state index is 11.0. The molecule has 0 saturated carbocycles. The van der Waals surface area contributed by atoms with Crippen LogP contribution in [0.1, 0.15) is 27.2 Å². The van der Waals surface area contributed by atoms with Gasteiger partial charge >= 0.3 is 11.8 Å². The van der Waals surface area contributed by atoms with Gasteiger partial charge in [-0.05, 0) is 12.8 Å². The number of ketones is 2. The van der Waals surface area contributed by atoms with Gasteiger partial charge < -0.3 is 4.74 Å². The molecule has 0 radical (unpaired) electrons. The van der Waals surface area contributed by atoms with Gasteiger partial charge in [0.1, 0.15) is 0 Å². The van der Waals surface area contributed by atoms with Gasteiger partial charge in [-0.25, -0.2) is 4.79 Å². The van der Waals surface area contributed by atoms with Crippen LogP contribution < -0.4 is 0 Å². The van der Waals surface area contributed by atoms with Crippen LogP contribution in [0.4, 0.5) is 0 Å². The molecule has 13 heavy (non-hydrogen) atoms. The van der Waals surface area contributed by atoms with Crippen molar-refractivity contribution < 1.29 is 19.1 Å². The van der Waals surface area contributed by atoms with Gasteiger partial charge in [-0.15, -0.1) is 0 Å². The normalized spacial score (nSPS) is 9.85. The Morgan fingerprint density at radius 1 is 1.23 bits per heavy atom. The van der Waals surface area contributed by atoms with Crippen molar-refractivity contribution >= 4 is 17.5 Å². The summed E-state index contributed by atoms with van der Waals surface area (Å²) in [4.78, 5) is 32.7. The lowest BCUT2D eigenvalue weighted by molar-refractivity contribution is -0.156. The van der Waals surface area contributed by atoms with Crippen LogP contribution >= 0.6 is 0 Å². The van der Waals surface area contributed by atoms with Crippen LogP contribution in [0.15, 0.2) is 0 Å². The molecule has 0 heterocycles. The minimum absolute atomic E-state index is 0.0749. The van der Waals surface area contributed by atoms with Crippen LogP contribution in [0.5, 0.6) is 0 Å². The minimum atomic E-state index is -1.05. The molecule has 0 aliphatic carbocycles. The Labute approximate surface area is 77.3 Å². The van der Waals surface area contributed by atoms with Crippen LogP contribution in [0, 0.1) is 5.92 Å². The van der Waals surface area contributed by atoms with E-state index in [1.165, 1.54) is 0 Å². The Morgan fingerprint density at radius 2 is 1.77 bits per heavy atom. The highest BCUT2D eigenvalue weighted by Gasteiger charge is 2.23. The third kappa shape index (κ3) is 4.40. The second-order valence-corrected chi connectivity index (χ2v) is 3.07. The van der Waals surface area contributed by atoms with Crippen molar-refractivity contribution in [2.45, 2.75) is 27.2 Å². The summed E-state index contributed by atoms with van der Waals surface area (Å²) in [7, 11) is 0. The second-order valence-electron chi connectivity index (χ2n) is 3.07. The second kappa shape index (κ2) is 5.45. The first-order valence-corrected chi connectivity index (χ1v) is 4.23. The van der Waals surface area contributed by atoms with Gasteiger partial charge in [0.15, 0.2) is 0 Å². The number of hydrogen-bond acceptors (Lipinski definition) is 4. The molecule has 4 nitrogen and oxygen atoms in total. The first-order chi connectivity index (χ1) is 5.99. The van der Waals surface area contributed by atoms with E-state index in [1.54, 1.807) is 20.8 Å². The van der Waals surface area contributed by atoms with Gasteiger partial charge in [0.25, 0.3) is 0 Å². The Hall–Kier alpha value is -1.19. The van der Waals surface area contributed by atoms with Crippen molar-refractivity contribution in [1.82, 2.24) is 0 Å². The van der Waals surface area contributed by atoms with Crippen LogP contribution in [-0.4, -0.2) is 24.1 Å². The highest BCUT2D eigenvalue weighted by Crippen LogP contribution is 2.01.